The number of ether oxygens (including phenoxy) is 1. The third kappa shape index (κ3) is 3.30. The number of rotatable bonds is 2. The third-order valence-corrected chi connectivity index (χ3v) is 5.22. The molecule has 0 aliphatic carbocycles. The van der Waals surface area contributed by atoms with E-state index in [0.29, 0.717) is 11.4 Å². The molecular formula is C22H18F3NO3. The van der Waals surface area contributed by atoms with Gasteiger partial charge in [-0.05, 0) is 48.7 Å². The number of halogens is 3. The minimum absolute atomic E-state index is 0.0835. The summed E-state index contributed by atoms with van der Waals surface area (Å²) in [4.78, 5) is 26.9. The second kappa shape index (κ2) is 6.76. The summed E-state index contributed by atoms with van der Waals surface area (Å²) in [6.45, 7) is 3.63. The monoisotopic (exact) mass is 401 g/mol. The van der Waals surface area contributed by atoms with Crippen LogP contribution >= 0.6 is 0 Å². The first-order chi connectivity index (χ1) is 13.7. The molecule has 0 saturated carbocycles. The highest BCUT2D eigenvalue weighted by atomic mass is 19.4. The molecule has 29 heavy (non-hydrogen) atoms. The predicted molar refractivity (Wildman–Crippen MR) is 100 cm³/mol. The number of nitrogens with zero attached hydrogens (tertiary/aromatic N) is 1. The highest BCUT2D eigenvalue weighted by Gasteiger charge is 2.45. The van der Waals surface area contributed by atoms with Crippen molar-refractivity contribution in [3.8, 4) is 0 Å². The number of alkyl halides is 3. The fourth-order valence-corrected chi connectivity index (χ4v) is 4.16. The molecule has 1 amide bonds. The number of benzene rings is 2. The summed E-state index contributed by atoms with van der Waals surface area (Å²) in [5, 5.41) is 0. The Hall–Kier alpha value is -3.09. The highest BCUT2D eigenvalue weighted by Crippen LogP contribution is 2.45. The number of carbonyl (C=O) groups is 2. The molecule has 0 spiro atoms. The van der Waals surface area contributed by atoms with Gasteiger partial charge in [-0.3, -0.25) is 9.69 Å². The van der Waals surface area contributed by atoms with Crippen LogP contribution in [-0.4, -0.2) is 18.5 Å². The minimum atomic E-state index is -4.59. The number of cyclic esters (lactones) is 1. The first-order valence-corrected chi connectivity index (χ1v) is 9.14. The highest BCUT2D eigenvalue weighted by molar-refractivity contribution is 6.06. The van der Waals surface area contributed by atoms with E-state index in [1.165, 1.54) is 23.1 Å². The van der Waals surface area contributed by atoms with Gasteiger partial charge >= 0.3 is 12.1 Å². The van der Waals surface area contributed by atoms with Gasteiger partial charge in [0.25, 0.3) is 0 Å². The van der Waals surface area contributed by atoms with Crippen molar-refractivity contribution in [3.05, 3.63) is 76.0 Å². The summed E-state index contributed by atoms with van der Waals surface area (Å²) < 4.78 is 45.8. The summed E-state index contributed by atoms with van der Waals surface area (Å²) in [6, 6.07) is 10.6. The van der Waals surface area contributed by atoms with Crippen molar-refractivity contribution in [1.82, 2.24) is 0 Å². The molecule has 150 valence electrons. The molecule has 1 atom stereocenters. The van der Waals surface area contributed by atoms with Crippen LogP contribution in [-0.2, 0) is 20.5 Å². The van der Waals surface area contributed by atoms with E-state index in [9.17, 15) is 22.8 Å². The molecule has 2 aliphatic heterocycles. The number of hydrogen-bond acceptors (Lipinski definition) is 3. The Bertz CT molecular complexity index is 1040. The number of carbonyl (C=O) groups excluding carboxylic acids is 2. The SMILES string of the molecule is Cc1cc(C)cc(N2C(=O)CC(c3ccccc3C(F)(F)F)C3=C2COC3=O)c1. The molecule has 0 aromatic heterocycles. The molecule has 2 aromatic carbocycles. The number of esters is 1. The molecule has 7 heteroatoms. The van der Waals surface area contributed by atoms with Gasteiger partial charge in [-0.1, -0.05) is 24.3 Å². The number of aryl methyl sites for hydroxylation is 2. The lowest BCUT2D eigenvalue weighted by Crippen LogP contribution is -2.38. The maximum Gasteiger partial charge on any atom is 0.416 e. The lowest BCUT2D eigenvalue weighted by atomic mass is 9.81. The third-order valence-electron chi connectivity index (χ3n) is 5.22. The average molecular weight is 401 g/mol. The Morgan fingerprint density at radius 1 is 1.03 bits per heavy atom. The van der Waals surface area contributed by atoms with Crippen LogP contribution in [0, 0.1) is 13.8 Å². The van der Waals surface area contributed by atoms with Crippen molar-refractivity contribution in [2.45, 2.75) is 32.4 Å². The van der Waals surface area contributed by atoms with E-state index < -0.39 is 23.6 Å². The second-order valence-corrected chi connectivity index (χ2v) is 7.35. The van der Waals surface area contributed by atoms with Gasteiger partial charge in [0, 0.05) is 18.0 Å². The molecular weight excluding hydrogens is 383 g/mol. The van der Waals surface area contributed by atoms with E-state index >= 15 is 0 Å². The summed E-state index contributed by atoms with van der Waals surface area (Å²) in [6.07, 6.45) is -4.83. The lowest BCUT2D eigenvalue weighted by Gasteiger charge is -2.33. The zero-order chi connectivity index (χ0) is 20.9. The fourth-order valence-electron chi connectivity index (χ4n) is 4.16. The summed E-state index contributed by atoms with van der Waals surface area (Å²) >= 11 is 0. The smallest absolute Gasteiger partial charge is 0.416 e. The minimum Gasteiger partial charge on any atom is -0.456 e. The van der Waals surface area contributed by atoms with E-state index in [-0.39, 0.29) is 30.1 Å². The van der Waals surface area contributed by atoms with Crippen LogP contribution < -0.4 is 4.90 Å². The zero-order valence-electron chi connectivity index (χ0n) is 15.8. The van der Waals surface area contributed by atoms with Gasteiger partial charge in [0.1, 0.15) is 6.61 Å². The molecule has 0 N–H and O–H groups in total. The first kappa shape index (κ1) is 19.2. The van der Waals surface area contributed by atoms with Gasteiger partial charge in [0.05, 0.1) is 16.8 Å². The van der Waals surface area contributed by atoms with Crippen molar-refractivity contribution in [2.24, 2.45) is 0 Å². The molecule has 2 aromatic rings. The van der Waals surface area contributed by atoms with Crippen molar-refractivity contribution >= 4 is 17.6 Å². The lowest BCUT2D eigenvalue weighted by molar-refractivity contribution is -0.139. The van der Waals surface area contributed by atoms with Crippen molar-refractivity contribution in [1.29, 1.82) is 0 Å². The Kier molecular flexibility index (Phi) is 4.48. The van der Waals surface area contributed by atoms with Gasteiger partial charge in [-0.2, -0.15) is 13.2 Å². The number of anilines is 1. The van der Waals surface area contributed by atoms with Crippen LogP contribution in [0.2, 0.25) is 0 Å². The molecule has 0 saturated heterocycles. The van der Waals surface area contributed by atoms with Crippen LogP contribution in [0.3, 0.4) is 0 Å². The molecule has 4 rings (SSSR count). The standard InChI is InChI=1S/C22H18F3NO3/c1-12-7-13(2)9-14(8-12)26-18-11-29-21(28)20(18)16(10-19(26)27)15-5-3-4-6-17(15)22(23,24)25/h3-9,16H,10-11H2,1-2H3. The van der Waals surface area contributed by atoms with Gasteiger partial charge < -0.3 is 4.74 Å². The zero-order valence-corrected chi connectivity index (χ0v) is 15.8. The van der Waals surface area contributed by atoms with Gasteiger partial charge in [-0.25, -0.2) is 4.79 Å². The molecule has 4 nitrogen and oxygen atoms in total. The van der Waals surface area contributed by atoms with Crippen LogP contribution in [0.1, 0.15) is 34.6 Å². The first-order valence-electron chi connectivity index (χ1n) is 9.14. The molecule has 2 heterocycles. The molecule has 0 radical (unpaired) electrons. The summed E-state index contributed by atoms with van der Waals surface area (Å²) in [5.41, 5.74) is 1.97. The topological polar surface area (TPSA) is 46.6 Å². The van der Waals surface area contributed by atoms with Gasteiger partial charge in [-0.15, -0.1) is 0 Å². The average Bonchev–Trinajstić information content (AvgIpc) is 3.01. The Balaban J connectivity index is 1.88. The molecule has 0 fully saturated rings. The Labute approximate surface area is 165 Å². The summed E-state index contributed by atoms with van der Waals surface area (Å²) in [7, 11) is 0. The van der Waals surface area contributed by atoms with Crippen LogP contribution in [0.25, 0.3) is 0 Å². The number of amides is 1. The van der Waals surface area contributed by atoms with Crippen LogP contribution in [0.4, 0.5) is 18.9 Å². The van der Waals surface area contributed by atoms with Gasteiger partial charge in [0.2, 0.25) is 5.91 Å². The van der Waals surface area contributed by atoms with Crippen molar-refractivity contribution in [2.75, 3.05) is 11.5 Å². The van der Waals surface area contributed by atoms with E-state index in [2.05, 4.69) is 0 Å². The maximum atomic E-state index is 13.5. The number of hydrogen-bond donors (Lipinski definition) is 0. The van der Waals surface area contributed by atoms with Crippen LogP contribution in [0.15, 0.2) is 53.7 Å². The normalized spacial score (nSPS) is 19.5. The fraction of sp³-hybridized carbons (Fsp3) is 0.273. The van der Waals surface area contributed by atoms with Crippen molar-refractivity contribution < 1.29 is 27.5 Å². The molecule has 0 bridgehead atoms. The van der Waals surface area contributed by atoms with E-state index in [1.54, 1.807) is 0 Å². The molecule has 1 unspecified atom stereocenters. The van der Waals surface area contributed by atoms with E-state index in [4.69, 9.17) is 4.74 Å². The maximum absolute atomic E-state index is 13.5. The molecule has 2 aliphatic rings. The summed E-state index contributed by atoms with van der Waals surface area (Å²) in [5.74, 6) is -2.04. The second-order valence-electron chi connectivity index (χ2n) is 7.35. The predicted octanol–water partition coefficient (Wildman–Crippen LogP) is 4.65. The largest absolute Gasteiger partial charge is 0.456 e. The van der Waals surface area contributed by atoms with Gasteiger partial charge in [0.15, 0.2) is 0 Å². The quantitative estimate of drug-likeness (QED) is 0.688. The Morgan fingerprint density at radius 2 is 1.69 bits per heavy atom. The van der Waals surface area contributed by atoms with E-state index in [0.717, 1.165) is 17.2 Å². The Morgan fingerprint density at radius 3 is 2.34 bits per heavy atom. The van der Waals surface area contributed by atoms with Crippen LogP contribution in [0.5, 0.6) is 0 Å². The van der Waals surface area contributed by atoms with E-state index in [1.807, 2.05) is 32.0 Å². The van der Waals surface area contributed by atoms with Crippen molar-refractivity contribution in [3.63, 3.8) is 0 Å².